The average molecular weight is 192 g/mol. The second-order valence-electron chi connectivity index (χ2n) is 1.52. The maximum absolute atomic E-state index is 3.93. The molecule has 1 unspecified atom stereocenters. The van der Waals surface area contributed by atoms with E-state index in [9.17, 15) is 0 Å². The first-order chi connectivity index (χ1) is 3.80. The quantitative estimate of drug-likeness (QED) is 0.623. The Labute approximate surface area is 60.9 Å². The van der Waals surface area contributed by atoms with E-state index in [1.807, 2.05) is 11.7 Å². The third-order valence-corrected chi connectivity index (χ3v) is 2.60. The highest BCUT2D eigenvalue weighted by atomic mass is 79.9. The molecule has 0 saturated heterocycles. The van der Waals surface area contributed by atoms with E-state index in [4.69, 9.17) is 0 Å². The minimum Gasteiger partial charge on any atom is -0.253 e. The summed E-state index contributed by atoms with van der Waals surface area (Å²) >= 11 is 5.11. The Kier molecular flexibility index (Phi) is 2.02. The van der Waals surface area contributed by atoms with Crippen LogP contribution in [0.5, 0.6) is 0 Å². The van der Waals surface area contributed by atoms with Crippen molar-refractivity contribution >= 4 is 27.3 Å². The van der Waals surface area contributed by atoms with Crippen LogP contribution in [0.3, 0.4) is 0 Å². The van der Waals surface area contributed by atoms with Gasteiger partial charge in [0.15, 0.2) is 0 Å². The van der Waals surface area contributed by atoms with E-state index in [-0.39, 0.29) is 0 Å². The fourth-order valence-corrected chi connectivity index (χ4v) is 1.42. The first kappa shape index (κ1) is 6.23. The van der Waals surface area contributed by atoms with E-state index in [2.05, 4.69) is 27.8 Å². The fourth-order valence-electron chi connectivity index (χ4n) is 0.422. The summed E-state index contributed by atoms with van der Waals surface area (Å²) in [5, 5.41) is 0. The summed E-state index contributed by atoms with van der Waals surface area (Å²) in [5.41, 5.74) is 1.84. The Bertz CT molecular complexity index is 147. The summed E-state index contributed by atoms with van der Waals surface area (Å²) in [5.74, 6) is 0. The van der Waals surface area contributed by atoms with Gasteiger partial charge in [0.1, 0.15) is 0 Å². The smallest absolute Gasteiger partial charge is 0.0794 e. The van der Waals surface area contributed by atoms with E-state index < -0.39 is 0 Å². The van der Waals surface area contributed by atoms with Crippen LogP contribution in [-0.2, 0) is 0 Å². The van der Waals surface area contributed by atoms with Gasteiger partial charge in [-0.2, -0.15) is 0 Å². The molecule has 1 rings (SSSR count). The number of hydrogen-bond donors (Lipinski definition) is 0. The molecular formula is C5H6BrNS. The first-order valence-electron chi connectivity index (χ1n) is 2.33. The maximum Gasteiger partial charge on any atom is 0.0794 e. The lowest BCUT2D eigenvalue weighted by Crippen LogP contribution is -1.72. The van der Waals surface area contributed by atoms with Crippen molar-refractivity contribution < 1.29 is 0 Å². The molecule has 0 saturated carbocycles. The number of aromatic nitrogens is 1. The molecule has 0 amide bonds. The zero-order valence-corrected chi connectivity index (χ0v) is 6.87. The van der Waals surface area contributed by atoms with Crippen molar-refractivity contribution in [1.29, 1.82) is 0 Å². The van der Waals surface area contributed by atoms with Gasteiger partial charge in [-0.25, -0.2) is 0 Å². The number of rotatable bonds is 1. The molecule has 0 radical (unpaired) electrons. The lowest BCUT2D eigenvalue weighted by molar-refractivity contribution is 1.15. The van der Waals surface area contributed by atoms with Crippen LogP contribution in [0.15, 0.2) is 11.7 Å². The second-order valence-corrected chi connectivity index (χ2v) is 3.81. The molecule has 0 bridgehead atoms. The minimum atomic E-state index is 0.454. The van der Waals surface area contributed by atoms with Crippen molar-refractivity contribution in [1.82, 2.24) is 4.98 Å². The SMILES string of the molecule is CC(Br)c1cncs1. The molecule has 1 nitrogen and oxygen atoms in total. The van der Waals surface area contributed by atoms with E-state index in [0.717, 1.165) is 0 Å². The molecule has 0 aliphatic heterocycles. The van der Waals surface area contributed by atoms with Crippen molar-refractivity contribution in [3.8, 4) is 0 Å². The van der Waals surface area contributed by atoms with Gasteiger partial charge in [-0.1, -0.05) is 15.9 Å². The van der Waals surface area contributed by atoms with Crippen LogP contribution in [0.1, 0.15) is 16.6 Å². The summed E-state index contributed by atoms with van der Waals surface area (Å²) < 4.78 is 0. The number of nitrogens with zero attached hydrogens (tertiary/aromatic N) is 1. The number of halogens is 1. The summed E-state index contributed by atoms with van der Waals surface area (Å²) in [6.45, 7) is 2.09. The molecule has 1 aromatic heterocycles. The van der Waals surface area contributed by atoms with Crippen LogP contribution in [0, 0.1) is 0 Å². The second kappa shape index (κ2) is 2.60. The summed E-state index contributed by atoms with van der Waals surface area (Å²) in [6.07, 6.45) is 1.88. The van der Waals surface area contributed by atoms with Crippen LogP contribution < -0.4 is 0 Å². The van der Waals surface area contributed by atoms with E-state index in [0.29, 0.717) is 4.83 Å². The van der Waals surface area contributed by atoms with Crippen LogP contribution >= 0.6 is 27.3 Å². The Balaban J connectivity index is 2.77. The van der Waals surface area contributed by atoms with E-state index in [1.165, 1.54) is 4.88 Å². The highest BCUT2D eigenvalue weighted by Crippen LogP contribution is 2.23. The van der Waals surface area contributed by atoms with Gasteiger partial charge in [0, 0.05) is 15.9 Å². The Morgan fingerprint density at radius 2 is 2.62 bits per heavy atom. The Morgan fingerprint density at radius 1 is 1.88 bits per heavy atom. The van der Waals surface area contributed by atoms with Gasteiger partial charge in [0.05, 0.1) is 5.51 Å². The number of thiazole rings is 1. The largest absolute Gasteiger partial charge is 0.253 e. The molecule has 8 heavy (non-hydrogen) atoms. The molecule has 0 aliphatic rings. The third-order valence-electron chi connectivity index (χ3n) is 0.843. The van der Waals surface area contributed by atoms with Gasteiger partial charge in [-0.05, 0) is 6.92 Å². The zero-order valence-electron chi connectivity index (χ0n) is 4.47. The minimum absolute atomic E-state index is 0.454. The third kappa shape index (κ3) is 1.29. The first-order valence-corrected chi connectivity index (χ1v) is 4.12. The molecule has 0 aliphatic carbocycles. The van der Waals surface area contributed by atoms with Gasteiger partial charge in [0.25, 0.3) is 0 Å². The van der Waals surface area contributed by atoms with Crippen molar-refractivity contribution in [2.45, 2.75) is 11.8 Å². The molecule has 1 heterocycles. The predicted octanol–water partition coefficient (Wildman–Crippen LogP) is 2.60. The summed E-state index contributed by atoms with van der Waals surface area (Å²) in [4.78, 5) is 5.67. The molecule has 0 spiro atoms. The number of alkyl halides is 1. The van der Waals surface area contributed by atoms with Crippen molar-refractivity contribution in [2.75, 3.05) is 0 Å². The van der Waals surface area contributed by atoms with E-state index in [1.54, 1.807) is 11.3 Å². The Morgan fingerprint density at radius 3 is 2.88 bits per heavy atom. The lowest BCUT2D eigenvalue weighted by Gasteiger charge is -1.92. The van der Waals surface area contributed by atoms with E-state index >= 15 is 0 Å². The van der Waals surface area contributed by atoms with Gasteiger partial charge in [-0.3, -0.25) is 4.98 Å². The summed E-state index contributed by atoms with van der Waals surface area (Å²) in [6, 6.07) is 0. The maximum atomic E-state index is 3.93. The normalized spacial score (nSPS) is 13.8. The molecule has 1 aromatic rings. The fraction of sp³-hybridized carbons (Fsp3) is 0.400. The van der Waals surface area contributed by atoms with Gasteiger partial charge < -0.3 is 0 Å². The lowest BCUT2D eigenvalue weighted by atomic mass is 10.4. The highest BCUT2D eigenvalue weighted by molar-refractivity contribution is 9.09. The van der Waals surface area contributed by atoms with Gasteiger partial charge in [-0.15, -0.1) is 11.3 Å². The molecule has 1 atom stereocenters. The average Bonchev–Trinajstić information content (AvgIpc) is 2.12. The van der Waals surface area contributed by atoms with Crippen LogP contribution in [0.25, 0.3) is 0 Å². The zero-order chi connectivity index (χ0) is 5.98. The standard InChI is InChI=1S/C5H6BrNS/c1-4(6)5-2-7-3-8-5/h2-4H,1H3. The monoisotopic (exact) mass is 191 g/mol. The molecule has 3 heteroatoms. The predicted molar refractivity (Wildman–Crippen MR) is 39.5 cm³/mol. The number of hydrogen-bond acceptors (Lipinski definition) is 2. The molecular weight excluding hydrogens is 186 g/mol. The highest BCUT2D eigenvalue weighted by Gasteiger charge is 1.99. The van der Waals surface area contributed by atoms with Crippen molar-refractivity contribution in [3.05, 3.63) is 16.6 Å². The van der Waals surface area contributed by atoms with Gasteiger partial charge in [0.2, 0.25) is 0 Å². The summed E-state index contributed by atoms with van der Waals surface area (Å²) in [7, 11) is 0. The molecule has 0 N–H and O–H groups in total. The van der Waals surface area contributed by atoms with Crippen molar-refractivity contribution in [2.24, 2.45) is 0 Å². The molecule has 0 aromatic carbocycles. The molecule has 44 valence electrons. The molecule has 0 fully saturated rings. The van der Waals surface area contributed by atoms with Crippen LogP contribution in [0.4, 0.5) is 0 Å². The van der Waals surface area contributed by atoms with Crippen LogP contribution in [0.2, 0.25) is 0 Å². The Hall–Kier alpha value is 0.110. The topological polar surface area (TPSA) is 12.9 Å². The van der Waals surface area contributed by atoms with Gasteiger partial charge >= 0.3 is 0 Å². The van der Waals surface area contributed by atoms with Crippen LogP contribution in [-0.4, -0.2) is 4.98 Å². The van der Waals surface area contributed by atoms with Crippen molar-refractivity contribution in [3.63, 3.8) is 0 Å².